The Balaban J connectivity index is 0.000000199. The number of hydrogen-bond acceptors (Lipinski definition) is 23. The van der Waals surface area contributed by atoms with Gasteiger partial charge in [0, 0.05) is 91.7 Å². The van der Waals surface area contributed by atoms with Gasteiger partial charge < -0.3 is 96.6 Å². The number of fused-ring (bicyclic) bond motifs is 4. The number of rotatable bonds is 48. The molecule has 0 aromatic heterocycles. The lowest BCUT2D eigenvalue weighted by molar-refractivity contribution is -0.150. The highest BCUT2D eigenvalue weighted by molar-refractivity contribution is 9.09. The van der Waals surface area contributed by atoms with Gasteiger partial charge in [0.15, 0.2) is 0 Å². The number of aromatic hydroxyl groups is 3. The molecule has 0 bridgehead atoms. The van der Waals surface area contributed by atoms with Gasteiger partial charge in [-0.15, -0.1) is 0 Å². The maximum absolute atomic E-state index is 13.9. The number of ether oxygens (including phenoxy) is 15. The van der Waals surface area contributed by atoms with Gasteiger partial charge in [-0.1, -0.05) is 204 Å². The van der Waals surface area contributed by atoms with Crippen LogP contribution in [0.5, 0.6) is 46.0 Å². The van der Waals surface area contributed by atoms with Crippen LogP contribution in [0.1, 0.15) is 179 Å². The number of hydrogen-bond donors (Lipinski definition) is 5. The van der Waals surface area contributed by atoms with E-state index in [0.29, 0.717) is 113 Å². The minimum absolute atomic E-state index is 0.139. The van der Waals surface area contributed by atoms with E-state index in [1.807, 2.05) is 121 Å². The normalized spacial score (nSPS) is 14.8. The molecule has 5 aliphatic heterocycles. The molecule has 5 N–H and O–H groups in total. The third-order valence-electron chi connectivity index (χ3n) is 27.0. The van der Waals surface area contributed by atoms with Gasteiger partial charge in [0.1, 0.15) is 46.0 Å². The van der Waals surface area contributed by atoms with Crippen molar-refractivity contribution in [2.75, 3.05) is 168 Å². The molecule has 5 fully saturated rings. The van der Waals surface area contributed by atoms with E-state index < -0.39 is 17.9 Å². The van der Waals surface area contributed by atoms with E-state index in [4.69, 9.17) is 86.4 Å². The maximum atomic E-state index is 13.9. The molecule has 27 heteroatoms. The average Bonchev–Trinajstić information content (AvgIpc) is 0.748. The topological polar surface area (TPSA) is 308 Å². The predicted octanol–water partition coefficient (Wildman–Crippen LogP) is 26.5. The molecule has 12 aromatic carbocycles. The first-order valence-corrected chi connectivity index (χ1v) is 54.7. The lowest BCUT2D eigenvalue weighted by atomic mass is 9.84. The van der Waals surface area contributed by atoms with Crippen LogP contribution in [0.2, 0.25) is 0 Å². The van der Waals surface area contributed by atoms with Gasteiger partial charge in [0.25, 0.3) is 0 Å². The summed E-state index contributed by atoms with van der Waals surface area (Å²) in [6.45, 7) is 29.1. The second-order valence-electron chi connectivity index (χ2n) is 37.9. The van der Waals surface area contributed by atoms with Crippen molar-refractivity contribution in [3.05, 3.63) is 265 Å². The molecule has 5 heterocycles. The monoisotopic (exact) mass is 2210 g/mol. The van der Waals surface area contributed by atoms with Crippen LogP contribution >= 0.6 is 47.8 Å². The van der Waals surface area contributed by atoms with Crippen LogP contribution in [0, 0.1) is 27.1 Å². The van der Waals surface area contributed by atoms with Crippen LogP contribution in [0.3, 0.4) is 0 Å². The van der Waals surface area contributed by atoms with Crippen molar-refractivity contribution in [1.29, 1.82) is 0 Å². The number of aromatic carboxylic acids is 1. The number of aliphatic hydroxyl groups excluding tert-OH is 1. The summed E-state index contributed by atoms with van der Waals surface area (Å²) < 4.78 is 84.1. The van der Waals surface area contributed by atoms with Crippen molar-refractivity contribution in [1.82, 2.24) is 0 Å². The van der Waals surface area contributed by atoms with E-state index >= 15 is 0 Å². The van der Waals surface area contributed by atoms with Gasteiger partial charge in [0.05, 0.1) is 148 Å². The SMILES string of the molecule is BrCCCCBr.CCC1(CO)COC1.CCC1(COCCCCBr)COC1.CCC1(COCCCCOc2ccc(C(=O)O)cc2)COC1.CCC1(COCCCCOc2ccc(C(=O)Oc3ccc4ccccc4c3-c3c(OC(=O)c4ccc(OCCCCOCC5(CC)COC5)cc4)ccc4ccccc34)cc2)COC1.CCOC(=O)c1ccc(O)cc1.Oc1ccc2ccccc2c1-c1c(O)ccc2ccccc12. The van der Waals surface area contributed by atoms with Crippen molar-refractivity contribution in [3.8, 4) is 68.2 Å². The summed E-state index contributed by atoms with van der Waals surface area (Å²) in [5, 5.41) is 58.2. The summed E-state index contributed by atoms with van der Waals surface area (Å²) >= 11 is 10.1. The zero-order valence-corrected chi connectivity index (χ0v) is 90.5. The quantitative estimate of drug-likeness (QED) is 0.0102. The number of carbonyl (C=O) groups is 4. The summed E-state index contributed by atoms with van der Waals surface area (Å²) in [6.07, 6.45) is 15.7. The van der Waals surface area contributed by atoms with Crippen LogP contribution in [0.4, 0.5) is 0 Å². The van der Waals surface area contributed by atoms with Crippen LogP contribution in [-0.2, 0) is 47.4 Å². The maximum Gasteiger partial charge on any atom is 0.343 e. The Morgan fingerprint density at radius 2 is 0.565 bits per heavy atom. The number of carboxylic acid groups (broad SMARTS) is 1. The Bertz CT molecular complexity index is 5680. The molecule has 5 saturated heterocycles. The molecule has 5 aliphatic rings. The van der Waals surface area contributed by atoms with E-state index in [9.17, 15) is 29.4 Å². The zero-order chi connectivity index (χ0) is 105. The van der Waals surface area contributed by atoms with Crippen LogP contribution < -0.4 is 23.7 Å². The first-order chi connectivity index (χ1) is 71.6. The average molecular weight is 2210 g/mol. The fourth-order valence-corrected chi connectivity index (χ4v) is 17.7. The first kappa shape index (κ1) is 117. The third-order valence-corrected chi connectivity index (χ3v) is 28.7. The molecule has 0 atom stereocenters. The fourth-order valence-electron chi connectivity index (χ4n) is 16.5. The molecule has 0 aliphatic carbocycles. The number of phenolic OH excluding ortho intramolecular Hbond substituents is 3. The third kappa shape index (κ3) is 35.0. The standard InChI is InChI=1S/C54H58O10.C20H14O2.C17H24O5.C10H19BrO2.C9H10O3.C6H12O2.C4H8Br2/c1-3-53(35-59-36-53)33-57-29-9-11-31-61-43-23-17-41(18-24-43)51(55)63-47-27-21-39-13-5-7-15-45(39)49(47)50-46-16-8-6-14-40(46)22-28-48(50)64-52(56)42-19-25-44(26-20-42)62-32-12-10-30-58-34-54(4-2)37-60-38-54;21-17-11-9-13-5-1-3-7-15(13)19(17)20-16-8-4-2-6-14(16)10-12-18(20)22;1-2-17(12-21-13-17)11-20-9-3-4-10-22-15-7-5-14(6-8-15)16(18)19;1-2-10(8-13-9-10)7-12-6-4-3-5-11;1-2-12-9(11)7-3-5-8(10)6-4-7;1-2-6(3-7)4-8-5-6;5-3-1-2-4-6/h5-8,13-28H,3-4,9-12,29-38H2,1-2H3;1-12,21-22H;5-8H,2-4,9-13H2,1H3,(H,18,19);2-9H2,1H3;3-6,10H,2H2,1H3;7H,2-5H2,1H3;1-4H2. The minimum Gasteiger partial charge on any atom is -0.508 e. The van der Waals surface area contributed by atoms with Gasteiger partial charge >= 0.3 is 23.9 Å². The van der Waals surface area contributed by atoms with E-state index in [0.717, 1.165) is 235 Å². The van der Waals surface area contributed by atoms with Crippen LogP contribution in [-0.4, -0.2) is 217 Å². The summed E-state index contributed by atoms with van der Waals surface area (Å²) in [5.41, 5.74) is 5.21. The second-order valence-corrected chi connectivity index (χ2v) is 40.2. The van der Waals surface area contributed by atoms with Crippen molar-refractivity contribution in [2.24, 2.45) is 27.1 Å². The predicted molar refractivity (Wildman–Crippen MR) is 589 cm³/mol. The molecule has 0 unspecified atom stereocenters. The lowest BCUT2D eigenvalue weighted by Gasteiger charge is -2.40. The lowest BCUT2D eigenvalue weighted by Crippen LogP contribution is -2.45. The molecule has 24 nitrogen and oxygen atoms in total. The summed E-state index contributed by atoms with van der Waals surface area (Å²) in [7, 11) is 0. The molecule has 790 valence electrons. The Kier molecular flexibility index (Phi) is 48.8. The summed E-state index contributed by atoms with van der Waals surface area (Å²) in [4.78, 5) is 49.5. The number of unbranched alkanes of at least 4 members (excludes halogenated alkanes) is 5. The van der Waals surface area contributed by atoms with E-state index in [-0.39, 0.29) is 57.0 Å². The second kappa shape index (κ2) is 61.5. The summed E-state index contributed by atoms with van der Waals surface area (Å²) in [5.74, 6) is 0.843. The van der Waals surface area contributed by atoms with Gasteiger partial charge in [-0.2, -0.15) is 0 Å². The molecule has 0 radical (unpaired) electrons. The van der Waals surface area contributed by atoms with Crippen molar-refractivity contribution in [2.45, 2.75) is 138 Å². The number of halogens is 3. The molecule has 0 spiro atoms. The Hall–Kier alpha value is -10.6. The molecule has 17 rings (SSSR count). The smallest absolute Gasteiger partial charge is 0.343 e. The Morgan fingerprint density at radius 3 is 0.837 bits per heavy atom. The number of phenols is 3. The van der Waals surface area contributed by atoms with Gasteiger partial charge in [0.2, 0.25) is 0 Å². The highest BCUT2D eigenvalue weighted by Crippen LogP contribution is 2.48. The zero-order valence-electron chi connectivity index (χ0n) is 85.7. The van der Waals surface area contributed by atoms with Crippen molar-refractivity contribution in [3.63, 3.8) is 0 Å². The fraction of sp³-hybridized carbons (Fsp3) is 0.433. The molecule has 147 heavy (non-hydrogen) atoms. The number of carboxylic acids is 1. The largest absolute Gasteiger partial charge is 0.508 e. The molecular formula is C120H145Br3O24. The highest BCUT2D eigenvalue weighted by Gasteiger charge is 2.41. The van der Waals surface area contributed by atoms with Crippen LogP contribution in [0.15, 0.2) is 243 Å². The van der Waals surface area contributed by atoms with Gasteiger partial charge in [-0.05, 0) is 268 Å². The first-order valence-electron chi connectivity index (χ1n) is 51.4. The molecule has 0 amide bonds. The van der Waals surface area contributed by atoms with E-state index in [2.05, 4.69) is 82.4 Å². The van der Waals surface area contributed by atoms with Crippen molar-refractivity contribution >= 4 is 115 Å². The minimum atomic E-state index is -0.926. The molecule has 12 aromatic rings. The molecule has 0 saturated carbocycles. The number of carbonyl (C=O) groups excluding carboxylic acids is 3. The van der Waals surface area contributed by atoms with E-state index in [1.54, 1.807) is 104 Å². The Morgan fingerprint density at radius 1 is 0.299 bits per heavy atom. The number of esters is 3. The van der Waals surface area contributed by atoms with Gasteiger partial charge in [-0.3, -0.25) is 0 Å². The van der Waals surface area contributed by atoms with E-state index in [1.165, 1.54) is 49.9 Å². The van der Waals surface area contributed by atoms with Crippen molar-refractivity contribution < 1.29 is 116 Å². The number of benzene rings is 12. The number of aliphatic hydroxyl groups is 1. The number of alkyl halides is 3. The Labute approximate surface area is 890 Å². The summed E-state index contributed by atoms with van der Waals surface area (Å²) in [6, 6.07) is 72.4. The molecular weight excluding hydrogens is 2070 g/mol. The highest BCUT2D eigenvalue weighted by atomic mass is 79.9. The van der Waals surface area contributed by atoms with Crippen LogP contribution in [0.25, 0.3) is 65.3 Å². The van der Waals surface area contributed by atoms with Gasteiger partial charge in [-0.25, -0.2) is 19.2 Å².